The van der Waals surface area contributed by atoms with E-state index in [0.717, 1.165) is 30.8 Å². The molecule has 1 aromatic heterocycles. The van der Waals surface area contributed by atoms with E-state index in [0.29, 0.717) is 10.0 Å². The van der Waals surface area contributed by atoms with Crippen LogP contribution in [0.4, 0.5) is 0 Å². The fourth-order valence-electron chi connectivity index (χ4n) is 2.13. The van der Waals surface area contributed by atoms with Gasteiger partial charge in [-0.05, 0) is 30.7 Å². The lowest BCUT2D eigenvalue weighted by Gasteiger charge is -2.19. The molecule has 0 radical (unpaired) electrons. The van der Waals surface area contributed by atoms with Crippen LogP contribution in [0, 0.1) is 0 Å². The molecule has 0 saturated carbocycles. The standard InChI is InChI=1S/C15H19Cl2N3/c1-3-6-18-14(10-15-19-7-8-20(15)2)11-4-5-12(16)13(17)9-11/h4-5,7-9,14,18H,3,6,10H2,1-2H3. The molecule has 20 heavy (non-hydrogen) atoms. The summed E-state index contributed by atoms with van der Waals surface area (Å²) in [6, 6.07) is 5.98. The SMILES string of the molecule is CCCNC(Cc1nccn1C)c1ccc(Cl)c(Cl)c1. The number of nitrogens with zero attached hydrogens (tertiary/aromatic N) is 2. The lowest BCUT2D eigenvalue weighted by atomic mass is 10.0. The monoisotopic (exact) mass is 311 g/mol. The zero-order chi connectivity index (χ0) is 14.5. The number of hydrogen-bond acceptors (Lipinski definition) is 2. The number of aryl methyl sites for hydroxylation is 1. The van der Waals surface area contributed by atoms with Gasteiger partial charge in [-0.2, -0.15) is 0 Å². The van der Waals surface area contributed by atoms with Crippen LogP contribution in [0.15, 0.2) is 30.6 Å². The van der Waals surface area contributed by atoms with E-state index in [1.54, 1.807) is 0 Å². The van der Waals surface area contributed by atoms with Crippen LogP contribution in [-0.2, 0) is 13.5 Å². The highest BCUT2D eigenvalue weighted by Crippen LogP contribution is 2.27. The molecule has 0 bridgehead atoms. The molecule has 0 aliphatic carbocycles. The first-order valence-electron chi connectivity index (χ1n) is 6.76. The number of benzene rings is 1. The van der Waals surface area contributed by atoms with E-state index in [4.69, 9.17) is 23.2 Å². The molecule has 108 valence electrons. The molecule has 5 heteroatoms. The van der Waals surface area contributed by atoms with Gasteiger partial charge in [-0.25, -0.2) is 4.98 Å². The topological polar surface area (TPSA) is 29.9 Å². The molecule has 1 aromatic carbocycles. The molecule has 3 nitrogen and oxygen atoms in total. The number of halogens is 2. The first kappa shape index (κ1) is 15.4. The summed E-state index contributed by atoms with van der Waals surface area (Å²) in [6.07, 6.45) is 5.68. The van der Waals surface area contributed by atoms with Crippen LogP contribution >= 0.6 is 23.2 Å². The van der Waals surface area contributed by atoms with Crippen LogP contribution < -0.4 is 5.32 Å². The van der Waals surface area contributed by atoms with Crippen molar-refractivity contribution in [3.63, 3.8) is 0 Å². The van der Waals surface area contributed by atoms with Crippen molar-refractivity contribution in [3.05, 3.63) is 52.0 Å². The van der Waals surface area contributed by atoms with Crippen molar-refractivity contribution in [3.8, 4) is 0 Å². The van der Waals surface area contributed by atoms with E-state index < -0.39 is 0 Å². The molecule has 0 amide bonds. The second-order valence-corrected chi connectivity index (χ2v) is 5.65. The largest absolute Gasteiger partial charge is 0.338 e. The second-order valence-electron chi connectivity index (χ2n) is 4.84. The van der Waals surface area contributed by atoms with Crippen LogP contribution in [0.3, 0.4) is 0 Å². The van der Waals surface area contributed by atoms with Gasteiger partial charge in [0.25, 0.3) is 0 Å². The molecule has 0 fully saturated rings. The summed E-state index contributed by atoms with van der Waals surface area (Å²) >= 11 is 12.1. The van der Waals surface area contributed by atoms with Gasteiger partial charge >= 0.3 is 0 Å². The Morgan fingerprint density at radius 1 is 1.30 bits per heavy atom. The second kappa shape index (κ2) is 7.11. The van der Waals surface area contributed by atoms with Gasteiger partial charge in [-0.1, -0.05) is 36.2 Å². The third kappa shape index (κ3) is 3.75. The highest BCUT2D eigenvalue weighted by Gasteiger charge is 2.15. The number of aromatic nitrogens is 2. The van der Waals surface area contributed by atoms with Crippen molar-refractivity contribution in [2.45, 2.75) is 25.8 Å². The van der Waals surface area contributed by atoms with Gasteiger partial charge in [-0.15, -0.1) is 0 Å². The fourth-order valence-corrected chi connectivity index (χ4v) is 2.44. The Balaban J connectivity index is 2.22. The van der Waals surface area contributed by atoms with E-state index in [1.165, 1.54) is 0 Å². The first-order chi connectivity index (χ1) is 9.61. The molecule has 0 spiro atoms. The smallest absolute Gasteiger partial charge is 0.110 e. The summed E-state index contributed by atoms with van der Waals surface area (Å²) in [4.78, 5) is 4.39. The third-order valence-corrected chi connectivity index (χ3v) is 4.03. The Labute approximate surface area is 129 Å². The summed E-state index contributed by atoms with van der Waals surface area (Å²) in [6.45, 7) is 3.11. The van der Waals surface area contributed by atoms with E-state index in [1.807, 2.05) is 42.2 Å². The molecule has 2 rings (SSSR count). The molecule has 2 aromatic rings. The first-order valence-corrected chi connectivity index (χ1v) is 7.52. The third-order valence-electron chi connectivity index (χ3n) is 3.29. The van der Waals surface area contributed by atoms with Gasteiger partial charge in [0.15, 0.2) is 0 Å². The van der Waals surface area contributed by atoms with Crippen LogP contribution in [0.1, 0.15) is 30.8 Å². The average molecular weight is 312 g/mol. The molecule has 0 saturated heterocycles. The Hall–Kier alpha value is -1.03. The fraction of sp³-hybridized carbons (Fsp3) is 0.400. The summed E-state index contributed by atoms with van der Waals surface area (Å²) in [5, 5.41) is 4.72. The molecular weight excluding hydrogens is 293 g/mol. The van der Waals surface area contributed by atoms with Gasteiger partial charge in [0.05, 0.1) is 10.0 Å². The van der Waals surface area contributed by atoms with Crippen LogP contribution in [0.25, 0.3) is 0 Å². The molecule has 0 aliphatic rings. The van der Waals surface area contributed by atoms with Gasteiger partial charge in [0.2, 0.25) is 0 Å². The minimum Gasteiger partial charge on any atom is -0.338 e. The van der Waals surface area contributed by atoms with Crippen molar-refractivity contribution in [2.75, 3.05) is 6.54 Å². The van der Waals surface area contributed by atoms with E-state index >= 15 is 0 Å². The molecule has 1 atom stereocenters. The van der Waals surface area contributed by atoms with Crippen molar-refractivity contribution in [1.82, 2.24) is 14.9 Å². The Morgan fingerprint density at radius 3 is 2.70 bits per heavy atom. The minimum atomic E-state index is 0.186. The van der Waals surface area contributed by atoms with Gasteiger partial charge < -0.3 is 9.88 Å². The number of hydrogen-bond donors (Lipinski definition) is 1. The Morgan fingerprint density at radius 2 is 2.10 bits per heavy atom. The van der Waals surface area contributed by atoms with Crippen LogP contribution in [-0.4, -0.2) is 16.1 Å². The maximum absolute atomic E-state index is 6.12. The van der Waals surface area contributed by atoms with Crippen molar-refractivity contribution in [1.29, 1.82) is 0 Å². The van der Waals surface area contributed by atoms with E-state index in [9.17, 15) is 0 Å². The van der Waals surface area contributed by atoms with E-state index in [-0.39, 0.29) is 6.04 Å². The van der Waals surface area contributed by atoms with Gasteiger partial charge in [0, 0.05) is 31.9 Å². The summed E-state index contributed by atoms with van der Waals surface area (Å²) in [5.41, 5.74) is 1.14. The Kier molecular flexibility index (Phi) is 5.46. The zero-order valence-electron chi connectivity index (χ0n) is 11.7. The number of nitrogens with one attached hydrogen (secondary N) is 1. The summed E-state index contributed by atoms with van der Waals surface area (Å²) < 4.78 is 2.04. The quantitative estimate of drug-likeness (QED) is 0.873. The molecular formula is C15H19Cl2N3. The number of imidazole rings is 1. The zero-order valence-corrected chi connectivity index (χ0v) is 13.2. The van der Waals surface area contributed by atoms with Gasteiger partial charge in [0.1, 0.15) is 5.82 Å². The number of rotatable bonds is 6. The van der Waals surface area contributed by atoms with E-state index in [2.05, 4.69) is 17.2 Å². The highest BCUT2D eigenvalue weighted by molar-refractivity contribution is 6.42. The van der Waals surface area contributed by atoms with Crippen molar-refractivity contribution >= 4 is 23.2 Å². The van der Waals surface area contributed by atoms with Crippen molar-refractivity contribution < 1.29 is 0 Å². The van der Waals surface area contributed by atoms with Crippen LogP contribution in [0.5, 0.6) is 0 Å². The average Bonchev–Trinajstić information content (AvgIpc) is 2.83. The molecule has 0 aliphatic heterocycles. The lowest BCUT2D eigenvalue weighted by molar-refractivity contribution is 0.512. The van der Waals surface area contributed by atoms with Crippen LogP contribution in [0.2, 0.25) is 10.0 Å². The molecule has 1 unspecified atom stereocenters. The molecule has 1 heterocycles. The highest BCUT2D eigenvalue weighted by atomic mass is 35.5. The summed E-state index contributed by atoms with van der Waals surface area (Å²) in [7, 11) is 2.01. The normalized spacial score (nSPS) is 12.6. The van der Waals surface area contributed by atoms with Crippen molar-refractivity contribution in [2.24, 2.45) is 7.05 Å². The predicted octanol–water partition coefficient (Wildman–Crippen LogP) is 4.01. The lowest BCUT2D eigenvalue weighted by Crippen LogP contribution is -2.25. The minimum absolute atomic E-state index is 0.186. The maximum Gasteiger partial charge on any atom is 0.110 e. The maximum atomic E-state index is 6.12. The molecule has 1 N–H and O–H groups in total. The Bertz CT molecular complexity index is 566. The predicted molar refractivity (Wildman–Crippen MR) is 84.4 cm³/mol. The van der Waals surface area contributed by atoms with Gasteiger partial charge in [-0.3, -0.25) is 0 Å². The summed E-state index contributed by atoms with van der Waals surface area (Å²) in [5.74, 6) is 1.05.